The van der Waals surface area contributed by atoms with E-state index in [9.17, 15) is 9.59 Å². The number of aromatic amines is 1. The Morgan fingerprint density at radius 2 is 1.88 bits per heavy atom. The summed E-state index contributed by atoms with van der Waals surface area (Å²) in [4.78, 5) is 36.2. The average molecular weight is 541 g/mol. The number of aromatic nitrogens is 5. The minimum Gasteiger partial charge on any atom is -0.382 e. The predicted octanol–water partition coefficient (Wildman–Crippen LogP) is 3.63. The Morgan fingerprint density at radius 1 is 1.05 bits per heavy atom. The lowest BCUT2D eigenvalue weighted by Gasteiger charge is -2.21. The number of carbonyl (C=O) groups is 1. The largest absolute Gasteiger partial charge is 0.382 e. The Kier molecular flexibility index (Phi) is 6.49. The van der Waals surface area contributed by atoms with Gasteiger partial charge in [-0.2, -0.15) is 0 Å². The van der Waals surface area contributed by atoms with Crippen LogP contribution in [0.1, 0.15) is 45.8 Å². The van der Waals surface area contributed by atoms with Crippen LogP contribution in [0.4, 0.5) is 5.82 Å². The van der Waals surface area contributed by atoms with E-state index in [1.54, 1.807) is 33.7 Å². The molecule has 0 aliphatic rings. The maximum atomic E-state index is 14.2. The van der Waals surface area contributed by atoms with Crippen LogP contribution in [0.25, 0.3) is 22.1 Å². The molecule has 1 atom stereocenters. The van der Waals surface area contributed by atoms with Crippen molar-refractivity contribution in [3.63, 3.8) is 0 Å². The van der Waals surface area contributed by atoms with E-state index in [1.807, 2.05) is 80.6 Å². The Hall–Kier alpha value is -5.75. The molecule has 0 aliphatic heterocycles. The van der Waals surface area contributed by atoms with Crippen LogP contribution < -0.4 is 21.1 Å². The van der Waals surface area contributed by atoms with Crippen LogP contribution >= 0.6 is 0 Å². The zero-order valence-electron chi connectivity index (χ0n) is 22.4. The number of rotatable bonds is 4. The number of amides is 1. The molecule has 41 heavy (non-hydrogen) atoms. The lowest BCUT2D eigenvalue weighted by Crippen LogP contribution is -2.33. The highest BCUT2D eigenvalue weighted by molar-refractivity contribution is 6.03. The summed E-state index contributed by atoms with van der Waals surface area (Å²) < 4.78 is 3.21. The number of nitrogen functional groups attached to an aromatic ring is 1. The number of nitrogens with one attached hydrogen (secondary N) is 2. The number of anilines is 1. The number of nitrogens with zero attached hydrogens (tertiary/aromatic N) is 4. The number of nitrogens with two attached hydrogens (primary N) is 1. The number of pyridine rings is 2. The quantitative estimate of drug-likeness (QED) is 0.233. The van der Waals surface area contributed by atoms with Gasteiger partial charge in [0.15, 0.2) is 11.4 Å². The first kappa shape index (κ1) is 25.5. The minimum atomic E-state index is -0.564. The zero-order chi connectivity index (χ0) is 28.5. The van der Waals surface area contributed by atoms with E-state index in [1.165, 1.54) is 0 Å². The van der Waals surface area contributed by atoms with Gasteiger partial charge in [0.1, 0.15) is 12.4 Å². The first-order valence-corrected chi connectivity index (χ1v) is 13.0. The van der Waals surface area contributed by atoms with Crippen LogP contribution in [-0.4, -0.2) is 25.5 Å². The molecule has 9 nitrogen and oxygen atoms in total. The first-order chi connectivity index (χ1) is 19.9. The van der Waals surface area contributed by atoms with E-state index in [2.05, 4.69) is 32.2 Å². The van der Waals surface area contributed by atoms with Crippen LogP contribution in [0, 0.1) is 18.8 Å². The van der Waals surface area contributed by atoms with Gasteiger partial charge in [-0.25, -0.2) is 5.10 Å². The van der Waals surface area contributed by atoms with Crippen molar-refractivity contribution in [1.29, 1.82) is 0 Å². The monoisotopic (exact) mass is 540 g/mol. The van der Waals surface area contributed by atoms with Crippen LogP contribution in [0.3, 0.4) is 0 Å². The molecule has 0 saturated carbocycles. The summed E-state index contributed by atoms with van der Waals surface area (Å²) in [5, 5.41) is 7.15. The van der Waals surface area contributed by atoms with Gasteiger partial charge in [0.05, 0.1) is 11.4 Å². The Balaban J connectivity index is 1.47. The molecule has 2 aromatic carbocycles. The molecule has 0 fully saturated rings. The van der Waals surface area contributed by atoms with Gasteiger partial charge in [0.25, 0.3) is 11.5 Å². The van der Waals surface area contributed by atoms with Gasteiger partial charge in [-0.3, -0.25) is 19.1 Å². The molecule has 0 saturated heterocycles. The van der Waals surface area contributed by atoms with Crippen molar-refractivity contribution in [2.45, 2.75) is 19.9 Å². The molecule has 200 valence electrons. The number of fused-ring (bicyclic) bond motifs is 2. The lowest BCUT2D eigenvalue weighted by atomic mass is 10.0. The fourth-order valence-electron chi connectivity index (χ4n) is 4.85. The minimum absolute atomic E-state index is 0.194. The normalized spacial score (nSPS) is 11.7. The van der Waals surface area contributed by atoms with Crippen molar-refractivity contribution in [1.82, 2.24) is 25.0 Å². The fraction of sp³-hybridized carbons (Fsp3) is 0.0938. The van der Waals surface area contributed by atoms with E-state index >= 15 is 0 Å². The number of aryl methyl sites for hydroxylation is 1. The molecule has 0 spiro atoms. The second-order valence-electron chi connectivity index (χ2n) is 9.66. The van der Waals surface area contributed by atoms with Crippen LogP contribution in [-0.2, 0) is 0 Å². The van der Waals surface area contributed by atoms with Gasteiger partial charge in [-0.05, 0) is 60.6 Å². The van der Waals surface area contributed by atoms with E-state index in [-0.39, 0.29) is 16.9 Å². The SMILES string of the molecule is Cc1ccc(C#Cc2cccc3cc(C(C)NC(=O)c4c(N)[nH][n+]5cccnc45)n(-c4ccccc4)c(=O)c23)cn1. The van der Waals surface area contributed by atoms with Gasteiger partial charge in [0.2, 0.25) is 0 Å². The van der Waals surface area contributed by atoms with Gasteiger partial charge < -0.3 is 11.1 Å². The van der Waals surface area contributed by atoms with Crippen molar-refractivity contribution in [2.24, 2.45) is 0 Å². The molecule has 6 rings (SSSR count). The second-order valence-corrected chi connectivity index (χ2v) is 9.66. The Morgan fingerprint density at radius 3 is 2.66 bits per heavy atom. The third-order valence-corrected chi connectivity index (χ3v) is 6.84. The number of benzene rings is 2. The third kappa shape index (κ3) is 4.79. The maximum absolute atomic E-state index is 14.2. The van der Waals surface area contributed by atoms with Crippen molar-refractivity contribution in [3.8, 4) is 17.5 Å². The van der Waals surface area contributed by atoms with E-state index in [0.29, 0.717) is 28.0 Å². The highest BCUT2D eigenvalue weighted by atomic mass is 16.2. The molecule has 0 bridgehead atoms. The highest BCUT2D eigenvalue weighted by Gasteiger charge is 2.27. The summed E-state index contributed by atoms with van der Waals surface area (Å²) in [7, 11) is 0. The number of para-hydroxylation sites is 1. The molecule has 0 radical (unpaired) electrons. The molecule has 4 N–H and O–H groups in total. The van der Waals surface area contributed by atoms with Crippen LogP contribution in [0.2, 0.25) is 0 Å². The lowest BCUT2D eigenvalue weighted by molar-refractivity contribution is -0.577. The van der Waals surface area contributed by atoms with Crippen LogP contribution in [0.15, 0.2) is 96.2 Å². The van der Waals surface area contributed by atoms with E-state index < -0.39 is 11.9 Å². The Labute approximate surface area is 235 Å². The van der Waals surface area contributed by atoms with Gasteiger partial charge in [0, 0.05) is 40.5 Å². The summed E-state index contributed by atoms with van der Waals surface area (Å²) in [6.07, 6.45) is 5.03. The smallest absolute Gasteiger partial charge is 0.362 e. The number of hydrogen-bond acceptors (Lipinski definition) is 5. The molecule has 6 aromatic rings. The topological polar surface area (TPSA) is 123 Å². The highest BCUT2D eigenvalue weighted by Crippen LogP contribution is 2.24. The molecule has 4 aromatic heterocycles. The summed E-state index contributed by atoms with van der Waals surface area (Å²) in [5.41, 5.74) is 10.1. The molecular weight excluding hydrogens is 514 g/mol. The standard InChI is InChI=1S/C32H25N7O2/c1-20-12-13-22(19-35-20)14-15-23-8-6-9-24-18-26(39(32(41)27(23)24)25-10-4-3-5-11-25)21(2)36-31(40)28-29(33)37-38-17-7-16-34-30(28)38/h3-13,16-19,21H,1-2H3,(H3,33,36,37,40)/p+1. The van der Waals surface area contributed by atoms with Crippen molar-refractivity contribution in [3.05, 3.63) is 130 Å². The summed E-state index contributed by atoms with van der Waals surface area (Å²) in [6, 6.07) is 21.8. The molecular formula is C32H26N7O2+. The number of H-pyrrole nitrogens is 1. The van der Waals surface area contributed by atoms with Crippen molar-refractivity contribution < 1.29 is 9.31 Å². The number of hydrogen-bond donors (Lipinski definition) is 3. The summed E-state index contributed by atoms with van der Waals surface area (Å²) in [5.74, 6) is 6.07. The summed E-state index contributed by atoms with van der Waals surface area (Å²) >= 11 is 0. The third-order valence-electron chi connectivity index (χ3n) is 6.84. The van der Waals surface area contributed by atoms with Crippen molar-refractivity contribution in [2.75, 3.05) is 5.73 Å². The molecule has 1 unspecified atom stereocenters. The first-order valence-electron chi connectivity index (χ1n) is 13.0. The number of carbonyl (C=O) groups excluding carboxylic acids is 1. The average Bonchev–Trinajstić information content (AvgIpc) is 3.32. The predicted molar refractivity (Wildman–Crippen MR) is 157 cm³/mol. The van der Waals surface area contributed by atoms with Gasteiger partial charge in [-0.15, -0.1) is 4.52 Å². The van der Waals surface area contributed by atoms with Gasteiger partial charge in [-0.1, -0.05) is 42.2 Å². The zero-order valence-corrected chi connectivity index (χ0v) is 22.4. The second kappa shape index (κ2) is 10.4. The van der Waals surface area contributed by atoms with E-state index in [4.69, 9.17) is 5.73 Å². The van der Waals surface area contributed by atoms with Crippen molar-refractivity contribution >= 4 is 28.1 Å². The molecule has 1 amide bonds. The molecule has 0 aliphatic carbocycles. The summed E-state index contributed by atoms with van der Waals surface area (Å²) in [6.45, 7) is 3.75. The molecule has 4 heterocycles. The maximum Gasteiger partial charge on any atom is 0.362 e. The Bertz CT molecular complexity index is 2050. The van der Waals surface area contributed by atoms with Crippen LogP contribution in [0.5, 0.6) is 0 Å². The van der Waals surface area contributed by atoms with Gasteiger partial charge >= 0.3 is 5.65 Å². The van der Waals surface area contributed by atoms with E-state index in [0.717, 1.165) is 16.6 Å². The fourth-order valence-corrected chi connectivity index (χ4v) is 4.85. The molecule has 9 heteroatoms.